The predicted octanol–water partition coefficient (Wildman–Crippen LogP) is 6.56. The van der Waals surface area contributed by atoms with Gasteiger partial charge in [-0.05, 0) is 61.4 Å². The van der Waals surface area contributed by atoms with Crippen LogP contribution in [0.15, 0.2) is 88.8 Å². The SMILES string of the molecule is Cc1cccc(NC(=O)CSc2nc3c(c(=O)n2CCc2ccccc2)C2(CCCC2)Cc2ccccc2-3)c1. The van der Waals surface area contributed by atoms with E-state index in [0.29, 0.717) is 11.7 Å². The van der Waals surface area contributed by atoms with E-state index < -0.39 is 0 Å². The maximum Gasteiger partial charge on any atom is 0.258 e. The van der Waals surface area contributed by atoms with Crippen molar-refractivity contribution < 1.29 is 4.79 Å². The van der Waals surface area contributed by atoms with Crippen LogP contribution in [0.3, 0.4) is 0 Å². The number of fused-ring (bicyclic) bond motifs is 4. The van der Waals surface area contributed by atoms with Crippen molar-refractivity contribution in [3.05, 3.63) is 111 Å². The van der Waals surface area contributed by atoms with Gasteiger partial charge in [-0.3, -0.25) is 14.2 Å². The van der Waals surface area contributed by atoms with E-state index >= 15 is 0 Å². The fourth-order valence-corrected chi connectivity index (χ4v) is 7.11. The number of aromatic nitrogens is 2. The van der Waals surface area contributed by atoms with E-state index in [1.54, 1.807) is 0 Å². The zero-order valence-corrected chi connectivity index (χ0v) is 23.1. The van der Waals surface area contributed by atoms with Gasteiger partial charge in [0.05, 0.1) is 17.0 Å². The first-order chi connectivity index (χ1) is 19.0. The second-order valence-electron chi connectivity index (χ2n) is 10.8. The molecule has 39 heavy (non-hydrogen) atoms. The Labute approximate surface area is 233 Å². The lowest BCUT2D eigenvalue weighted by Gasteiger charge is -2.36. The molecule has 6 heteroatoms. The third kappa shape index (κ3) is 5.18. The van der Waals surface area contributed by atoms with Crippen molar-refractivity contribution >= 4 is 23.4 Å². The first-order valence-corrected chi connectivity index (χ1v) is 14.8. The van der Waals surface area contributed by atoms with Crippen LogP contribution in [0.5, 0.6) is 0 Å². The zero-order chi connectivity index (χ0) is 26.8. The fourth-order valence-electron chi connectivity index (χ4n) is 6.29. The van der Waals surface area contributed by atoms with E-state index in [9.17, 15) is 9.59 Å². The summed E-state index contributed by atoms with van der Waals surface area (Å²) in [5, 5.41) is 3.60. The Morgan fingerprint density at radius 3 is 2.56 bits per heavy atom. The highest BCUT2D eigenvalue weighted by Gasteiger charge is 2.44. The van der Waals surface area contributed by atoms with Crippen LogP contribution in [-0.2, 0) is 29.6 Å². The number of anilines is 1. The van der Waals surface area contributed by atoms with Crippen molar-refractivity contribution in [2.75, 3.05) is 11.1 Å². The lowest BCUT2D eigenvalue weighted by atomic mass is 9.68. The van der Waals surface area contributed by atoms with Crippen molar-refractivity contribution in [2.45, 2.75) is 62.6 Å². The summed E-state index contributed by atoms with van der Waals surface area (Å²) in [6.07, 6.45) is 5.96. The minimum absolute atomic E-state index is 0.0638. The minimum atomic E-state index is -0.145. The van der Waals surface area contributed by atoms with Gasteiger partial charge in [-0.1, -0.05) is 91.3 Å². The van der Waals surface area contributed by atoms with E-state index in [1.165, 1.54) is 22.9 Å². The number of hydrogen-bond acceptors (Lipinski definition) is 4. The van der Waals surface area contributed by atoms with Gasteiger partial charge in [-0.25, -0.2) is 4.98 Å². The Balaban J connectivity index is 1.39. The number of aryl methyl sites for hydroxylation is 2. The van der Waals surface area contributed by atoms with Crippen LogP contribution >= 0.6 is 11.8 Å². The molecule has 0 aliphatic heterocycles. The highest BCUT2D eigenvalue weighted by atomic mass is 32.2. The average Bonchev–Trinajstić information content (AvgIpc) is 3.40. The Kier molecular flexibility index (Phi) is 7.13. The molecule has 3 aromatic carbocycles. The minimum Gasteiger partial charge on any atom is -0.325 e. The van der Waals surface area contributed by atoms with Crippen molar-refractivity contribution in [1.82, 2.24) is 9.55 Å². The number of rotatable bonds is 7. The van der Waals surface area contributed by atoms with Crippen LogP contribution in [-0.4, -0.2) is 21.2 Å². The average molecular weight is 536 g/mol. The molecule has 0 radical (unpaired) electrons. The molecule has 1 fully saturated rings. The predicted molar refractivity (Wildman–Crippen MR) is 158 cm³/mol. The quantitative estimate of drug-likeness (QED) is 0.215. The van der Waals surface area contributed by atoms with Gasteiger partial charge in [0.15, 0.2) is 5.16 Å². The molecule has 1 saturated carbocycles. The van der Waals surface area contributed by atoms with Crippen molar-refractivity contribution in [1.29, 1.82) is 0 Å². The third-order valence-electron chi connectivity index (χ3n) is 8.13. The topological polar surface area (TPSA) is 64.0 Å². The van der Waals surface area contributed by atoms with Crippen LogP contribution < -0.4 is 10.9 Å². The van der Waals surface area contributed by atoms with Crippen LogP contribution in [0.4, 0.5) is 5.69 Å². The van der Waals surface area contributed by atoms with Gasteiger partial charge in [-0.2, -0.15) is 0 Å². The number of carbonyl (C=O) groups excluding carboxylic acids is 1. The molecular formula is C33H33N3O2S. The van der Waals surface area contributed by atoms with Gasteiger partial charge in [0.25, 0.3) is 5.56 Å². The molecule has 0 unspecified atom stereocenters. The molecule has 2 aliphatic carbocycles. The van der Waals surface area contributed by atoms with E-state index in [-0.39, 0.29) is 22.6 Å². The summed E-state index contributed by atoms with van der Waals surface area (Å²) in [4.78, 5) is 32.5. The molecule has 0 saturated heterocycles. The number of nitrogens with one attached hydrogen (secondary N) is 1. The first kappa shape index (κ1) is 25.6. The number of hydrogen-bond donors (Lipinski definition) is 1. The largest absolute Gasteiger partial charge is 0.325 e. The second-order valence-corrected chi connectivity index (χ2v) is 11.8. The summed E-state index contributed by atoms with van der Waals surface area (Å²) >= 11 is 1.35. The van der Waals surface area contributed by atoms with Crippen LogP contribution in [0.25, 0.3) is 11.3 Å². The van der Waals surface area contributed by atoms with Gasteiger partial charge in [-0.15, -0.1) is 0 Å². The zero-order valence-electron chi connectivity index (χ0n) is 22.3. The number of amides is 1. The molecule has 1 aromatic heterocycles. The maximum absolute atomic E-state index is 14.4. The molecule has 0 atom stereocenters. The molecule has 1 N–H and O–H groups in total. The van der Waals surface area contributed by atoms with E-state index in [1.807, 2.05) is 60.0 Å². The maximum atomic E-state index is 14.4. The normalized spacial score (nSPS) is 15.1. The Hall–Kier alpha value is -3.64. The molecule has 4 aromatic rings. The van der Waals surface area contributed by atoms with Crippen molar-refractivity contribution in [2.24, 2.45) is 0 Å². The smallest absolute Gasteiger partial charge is 0.258 e. The Bertz CT molecular complexity index is 1570. The van der Waals surface area contributed by atoms with Crippen LogP contribution in [0.2, 0.25) is 0 Å². The monoisotopic (exact) mass is 535 g/mol. The highest BCUT2D eigenvalue weighted by molar-refractivity contribution is 7.99. The molecule has 1 heterocycles. The van der Waals surface area contributed by atoms with E-state index in [4.69, 9.17) is 4.98 Å². The first-order valence-electron chi connectivity index (χ1n) is 13.8. The molecule has 198 valence electrons. The van der Waals surface area contributed by atoms with E-state index in [0.717, 1.165) is 66.6 Å². The standard InChI is InChI=1S/C33H33N3O2S/c1-23-10-9-14-26(20-23)34-28(37)22-39-32-35-30-27-15-6-5-13-25(27)21-33(17-7-8-18-33)29(30)31(38)36(32)19-16-24-11-3-2-4-12-24/h2-6,9-15,20H,7-8,16-19,21-22H2,1H3,(H,34,37). The van der Waals surface area contributed by atoms with Gasteiger partial charge in [0.2, 0.25) is 5.91 Å². The molecule has 6 rings (SSSR count). The summed E-state index contributed by atoms with van der Waals surface area (Å²) in [6, 6.07) is 26.4. The molecule has 5 nitrogen and oxygen atoms in total. The van der Waals surface area contributed by atoms with Gasteiger partial charge >= 0.3 is 0 Å². The molecule has 1 spiro atoms. The molecule has 0 bridgehead atoms. The summed E-state index contributed by atoms with van der Waals surface area (Å²) in [5.41, 5.74) is 7.00. The van der Waals surface area contributed by atoms with Gasteiger partial charge < -0.3 is 5.32 Å². The summed E-state index contributed by atoms with van der Waals surface area (Å²) in [5.74, 6) is 0.0666. The Morgan fingerprint density at radius 1 is 1.00 bits per heavy atom. The summed E-state index contributed by atoms with van der Waals surface area (Å²) in [6.45, 7) is 2.53. The van der Waals surface area contributed by atoms with Gasteiger partial charge in [0, 0.05) is 23.2 Å². The number of benzene rings is 3. The van der Waals surface area contributed by atoms with Crippen molar-refractivity contribution in [3.8, 4) is 11.3 Å². The summed E-state index contributed by atoms with van der Waals surface area (Å²) in [7, 11) is 0. The van der Waals surface area contributed by atoms with Gasteiger partial charge in [0.1, 0.15) is 0 Å². The molecule has 2 aliphatic rings. The third-order valence-corrected chi connectivity index (χ3v) is 9.10. The van der Waals surface area contributed by atoms with E-state index in [2.05, 4.69) is 35.6 Å². The second kappa shape index (κ2) is 10.9. The summed E-state index contributed by atoms with van der Waals surface area (Å²) < 4.78 is 1.84. The number of thioether (sulfide) groups is 1. The Morgan fingerprint density at radius 2 is 1.77 bits per heavy atom. The van der Waals surface area contributed by atoms with Crippen molar-refractivity contribution in [3.63, 3.8) is 0 Å². The molecule has 1 amide bonds. The molecular weight excluding hydrogens is 502 g/mol. The lowest BCUT2D eigenvalue weighted by molar-refractivity contribution is -0.113. The number of nitrogens with zero attached hydrogens (tertiary/aromatic N) is 2. The lowest BCUT2D eigenvalue weighted by Crippen LogP contribution is -2.40. The van der Waals surface area contributed by atoms with Crippen LogP contribution in [0.1, 0.15) is 47.9 Å². The fraction of sp³-hybridized carbons (Fsp3) is 0.303. The van der Waals surface area contributed by atoms with Crippen LogP contribution in [0, 0.1) is 6.92 Å². The highest BCUT2D eigenvalue weighted by Crippen LogP contribution is 2.50. The number of carbonyl (C=O) groups is 1.